The maximum absolute atomic E-state index is 12.7. The molecule has 2 aromatic heterocycles. The topological polar surface area (TPSA) is 73.5 Å². The van der Waals surface area contributed by atoms with E-state index < -0.39 is 0 Å². The van der Waals surface area contributed by atoms with Crippen molar-refractivity contribution >= 4 is 34.9 Å². The second-order valence-electron chi connectivity index (χ2n) is 11.4. The van der Waals surface area contributed by atoms with E-state index in [0.29, 0.717) is 19.1 Å². The molecule has 9 heteroatoms. The van der Waals surface area contributed by atoms with Crippen molar-refractivity contribution in [3.8, 4) is 11.3 Å². The first-order chi connectivity index (χ1) is 20.5. The zero-order valence-corrected chi connectivity index (χ0v) is 25.6. The number of hydrogen-bond acceptors (Lipinski definition) is 8. The summed E-state index contributed by atoms with van der Waals surface area (Å²) in [5.74, 6) is 0.502. The number of ether oxygens (including phenoxy) is 1. The molecule has 216 valence electrons. The lowest BCUT2D eigenvalue weighted by molar-refractivity contribution is 0.122. The molecule has 0 aliphatic carbocycles. The molecule has 0 saturated carbocycles. The van der Waals surface area contributed by atoms with Crippen molar-refractivity contribution in [2.75, 3.05) is 56.7 Å². The van der Waals surface area contributed by atoms with E-state index >= 15 is 0 Å². The number of benzene rings is 2. The summed E-state index contributed by atoms with van der Waals surface area (Å²) in [5, 5.41) is 3.87. The number of morpholine rings is 1. The average Bonchev–Trinajstić information content (AvgIpc) is 3.45. The zero-order chi connectivity index (χ0) is 28.6. The summed E-state index contributed by atoms with van der Waals surface area (Å²) in [6, 6.07) is 21.4. The number of fused-ring (bicyclic) bond motifs is 2. The van der Waals surface area contributed by atoms with E-state index in [0.717, 1.165) is 60.9 Å². The second-order valence-corrected chi connectivity index (χ2v) is 13.5. The molecule has 1 unspecified atom stereocenters. The standard InChI is InChI=1S/C33H35N5O2S2/c1-21-6-8-26(34-19-21)32(22-10-11-37(2)20-22)35-23-7-9-28-30(16-23)41-29-5-3-4-25(33(29)42-28)27-17-24(18-31(39)36-27)38-12-14-40-15-13-38/h3-9,16-19,22,32,35H,10-15,20H2,1-2H3,(H,36,39)/t22-,32?/m0/s1. The summed E-state index contributed by atoms with van der Waals surface area (Å²) in [6.45, 7) is 7.22. The van der Waals surface area contributed by atoms with Gasteiger partial charge in [-0.05, 0) is 74.8 Å². The summed E-state index contributed by atoms with van der Waals surface area (Å²) in [6.07, 6.45) is 3.13. The summed E-state index contributed by atoms with van der Waals surface area (Å²) in [4.78, 5) is 30.1. The molecule has 3 aliphatic heterocycles. The molecule has 5 heterocycles. The molecule has 3 aliphatic rings. The fourth-order valence-corrected chi connectivity index (χ4v) is 8.51. The number of nitrogens with one attached hydrogen (secondary N) is 2. The molecule has 2 saturated heterocycles. The molecule has 7 rings (SSSR count). The zero-order valence-electron chi connectivity index (χ0n) is 23.9. The number of pyridine rings is 2. The van der Waals surface area contributed by atoms with Gasteiger partial charge in [0, 0.05) is 68.4 Å². The number of rotatable bonds is 6. The van der Waals surface area contributed by atoms with E-state index in [1.54, 1.807) is 29.6 Å². The predicted molar refractivity (Wildman–Crippen MR) is 171 cm³/mol. The molecule has 42 heavy (non-hydrogen) atoms. The van der Waals surface area contributed by atoms with Gasteiger partial charge < -0.3 is 24.8 Å². The maximum atomic E-state index is 12.7. The molecular weight excluding hydrogens is 563 g/mol. The third-order valence-electron chi connectivity index (χ3n) is 8.32. The van der Waals surface area contributed by atoms with E-state index in [1.807, 2.05) is 6.20 Å². The van der Waals surface area contributed by atoms with E-state index in [2.05, 4.69) is 88.7 Å². The first kappa shape index (κ1) is 27.6. The number of aromatic amines is 1. The van der Waals surface area contributed by atoms with Crippen molar-refractivity contribution in [3.63, 3.8) is 0 Å². The van der Waals surface area contributed by atoms with Gasteiger partial charge in [0.15, 0.2) is 0 Å². The fraction of sp³-hybridized carbons (Fsp3) is 0.333. The number of likely N-dealkylation sites (tertiary alicyclic amines) is 1. The van der Waals surface area contributed by atoms with Crippen LogP contribution in [-0.4, -0.2) is 61.3 Å². The van der Waals surface area contributed by atoms with Crippen LogP contribution in [0.1, 0.15) is 23.7 Å². The Morgan fingerprint density at radius 2 is 1.88 bits per heavy atom. The Bertz CT molecular complexity index is 1650. The van der Waals surface area contributed by atoms with Gasteiger partial charge in [-0.15, -0.1) is 0 Å². The normalized spacial score (nSPS) is 19.3. The predicted octanol–water partition coefficient (Wildman–Crippen LogP) is 6.30. The molecule has 2 N–H and O–H groups in total. The molecule has 2 atom stereocenters. The molecule has 0 spiro atoms. The number of anilines is 2. The third-order valence-corrected chi connectivity index (χ3v) is 10.9. The number of aromatic nitrogens is 2. The van der Waals surface area contributed by atoms with Crippen LogP contribution in [0.4, 0.5) is 11.4 Å². The van der Waals surface area contributed by atoms with Crippen LogP contribution >= 0.6 is 23.5 Å². The first-order valence-electron chi connectivity index (χ1n) is 14.6. The van der Waals surface area contributed by atoms with Gasteiger partial charge >= 0.3 is 0 Å². The minimum absolute atomic E-state index is 0.0812. The Labute approximate surface area is 255 Å². The smallest absolute Gasteiger partial charge is 0.250 e. The van der Waals surface area contributed by atoms with Crippen molar-refractivity contribution in [1.82, 2.24) is 14.9 Å². The van der Waals surface area contributed by atoms with E-state index in [9.17, 15) is 4.79 Å². The van der Waals surface area contributed by atoms with Crippen molar-refractivity contribution in [2.45, 2.75) is 39.0 Å². The maximum Gasteiger partial charge on any atom is 0.250 e. The third kappa shape index (κ3) is 5.71. The molecule has 7 nitrogen and oxygen atoms in total. The average molecular weight is 598 g/mol. The summed E-state index contributed by atoms with van der Waals surface area (Å²) in [5.41, 5.74) is 6.17. The lowest BCUT2D eigenvalue weighted by Gasteiger charge is -2.29. The highest BCUT2D eigenvalue weighted by atomic mass is 32.2. The molecule has 2 fully saturated rings. The Kier molecular flexibility index (Phi) is 7.75. The SMILES string of the molecule is Cc1ccc(C(Nc2ccc3c(c2)Sc2cccc(-c4cc(N5CCOCC5)cc(=O)[nH]4)c2S3)[C@H]2CCN(C)C2)nc1. The number of nitrogens with zero attached hydrogens (tertiary/aromatic N) is 3. The number of H-pyrrole nitrogens is 1. The quantitative estimate of drug-likeness (QED) is 0.236. The monoisotopic (exact) mass is 597 g/mol. The van der Waals surface area contributed by atoms with Crippen LogP contribution < -0.4 is 15.8 Å². The summed E-state index contributed by atoms with van der Waals surface area (Å²) < 4.78 is 5.52. The number of aryl methyl sites for hydroxylation is 1. The molecular formula is C33H35N5O2S2. The molecule has 0 radical (unpaired) electrons. The van der Waals surface area contributed by atoms with Crippen LogP contribution in [0.15, 0.2) is 91.2 Å². The van der Waals surface area contributed by atoms with Crippen molar-refractivity contribution in [1.29, 1.82) is 0 Å². The Hall–Kier alpha value is -3.24. The molecule has 0 bridgehead atoms. The lowest BCUT2D eigenvalue weighted by Crippen LogP contribution is -2.36. The van der Waals surface area contributed by atoms with Gasteiger partial charge in [0.1, 0.15) is 0 Å². The minimum Gasteiger partial charge on any atom is -0.378 e. The Morgan fingerprint density at radius 1 is 1.00 bits per heavy atom. The van der Waals surface area contributed by atoms with Gasteiger partial charge in [-0.25, -0.2) is 0 Å². The Morgan fingerprint density at radius 3 is 2.67 bits per heavy atom. The van der Waals surface area contributed by atoms with Crippen LogP contribution in [-0.2, 0) is 4.74 Å². The van der Waals surface area contributed by atoms with Crippen LogP contribution in [0.3, 0.4) is 0 Å². The highest BCUT2D eigenvalue weighted by Gasteiger charge is 2.30. The van der Waals surface area contributed by atoms with Gasteiger partial charge in [0.25, 0.3) is 0 Å². The van der Waals surface area contributed by atoms with Crippen LogP contribution in [0.25, 0.3) is 11.3 Å². The van der Waals surface area contributed by atoms with E-state index in [1.165, 1.54) is 25.1 Å². The van der Waals surface area contributed by atoms with Crippen molar-refractivity contribution in [2.24, 2.45) is 5.92 Å². The van der Waals surface area contributed by atoms with Crippen LogP contribution in [0.5, 0.6) is 0 Å². The van der Waals surface area contributed by atoms with Gasteiger partial charge in [-0.3, -0.25) is 9.78 Å². The van der Waals surface area contributed by atoms with Crippen LogP contribution in [0.2, 0.25) is 0 Å². The van der Waals surface area contributed by atoms with Gasteiger partial charge in [0.05, 0.1) is 30.6 Å². The van der Waals surface area contributed by atoms with Crippen molar-refractivity contribution in [3.05, 3.63) is 88.5 Å². The fourth-order valence-electron chi connectivity index (χ4n) is 6.10. The van der Waals surface area contributed by atoms with Gasteiger partial charge in [-0.2, -0.15) is 0 Å². The summed E-state index contributed by atoms with van der Waals surface area (Å²) in [7, 11) is 2.20. The van der Waals surface area contributed by atoms with Gasteiger partial charge in [-0.1, -0.05) is 41.7 Å². The number of hydrogen-bond donors (Lipinski definition) is 2. The Balaban J connectivity index is 1.16. The summed E-state index contributed by atoms with van der Waals surface area (Å²) >= 11 is 3.57. The minimum atomic E-state index is -0.0812. The largest absolute Gasteiger partial charge is 0.378 e. The highest BCUT2D eigenvalue weighted by Crippen LogP contribution is 2.52. The molecule has 2 aromatic carbocycles. The van der Waals surface area contributed by atoms with E-state index in [4.69, 9.17) is 9.72 Å². The lowest BCUT2D eigenvalue weighted by atomic mass is 9.95. The highest BCUT2D eigenvalue weighted by molar-refractivity contribution is 8.05. The molecule has 0 amide bonds. The van der Waals surface area contributed by atoms with E-state index in [-0.39, 0.29) is 11.6 Å². The van der Waals surface area contributed by atoms with Crippen molar-refractivity contribution < 1.29 is 4.74 Å². The van der Waals surface area contributed by atoms with Gasteiger partial charge in [0.2, 0.25) is 5.56 Å². The second kappa shape index (κ2) is 11.8. The first-order valence-corrected chi connectivity index (χ1v) is 16.2. The molecule has 4 aromatic rings. The van der Waals surface area contributed by atoms with Crippen LogP contribution in [0, 0.1) is 12.8 Å².